The summed E-state index contributed by atoms with van der Waals surface area (Å²) in [6.45, 7) is 8.02. The summed E-state index contributed by atoms with van der Waals surface area (Å²) < 4.78 is 0. The van der Waals surface area contributed by atoms with Crippen LogP contribution in [0.5, 0.6) is 0 Å². The van der Waals surface area contributed by atoms with Gasteiger partial charge in [-0.05, 0) is 18.6 Å². The minimum atomic E-state index is -0.683. The van der Waals surface area contributed by atoms with Crippen LogP contribution in [0.1, 0.15) is 19.4 Å². The van der Waals surface area contributed by atoms with Crippen LogP contribution in [0.15, 0.2) is 24.3 Å². The molecule has 0 unspecified atom stereocenters. The quantitative estimate of drug-likeness (QED) is 0.817. The molecule has 0 radical (unpaired) electrons. The first-order chi connectivity index (χ1) is 11.4. The smallest absolute Gasteiger partial charge is 0.288 e. The normalized spacial score (nSPS) is 14.7. The van der Waals surface area contributed by atoms with Crippen LogP contribution in [-0.2, 0) is 14.4 Å². The lowest BCUT2D eigenvalue weighted by molar-refractivity contribution is -0.141. The molecule has 1 fully saturated rings. The minimum absolute atomic E-state index is 0.123. The van der Waals surface area contributed by atoms with Crippen molar-refractivity contribution in [3.8, 4) is 0 Å². The second kappa shape index (κ2) is 7.95. The highest BCUT2D eigenvalue weighted by molar-refractivity contribution is 6.37. The van der Waals surface area contributed by atoms with Crippen LogP contribution in [0.2, 0.25) is 0 Å². The summed E-state index contributed by atoms with van der Waals surface area (Å²) in [5.41, 5.74) is 2.41. The van der Waals surface area contributed by atoms with Crippen molar-refractivity contribution in [2.45, 2.75) is 20.8 Å². The van der Waals surface area contributed by atoms with E-state index in [4.69, 9.17) is 0 Å². The van der Waals surface area contributed by atoms with Gasteiger partial charge in [0.25, 0.3) is 5.91 Å². The van der Waals surface area contributed by atoms with E-state index in [9.17, 15) is 14.4 Å². The van der Waals surface area contributed by atoms with E-state index in [0.29, 0.717) is 13.1 Å². The Bertz CT molecular complexity index is 620. The number of piperazine rings is 1. The number of amides is 2. The van der Waals surface area contributed by atoms with Gasteiger partial charge in [-0.15, -0.1) is 0 Å². The topological polar surface area (TPSA) is 69.7 Å². The number of hydrogen-bond acceptors (Lipinski definition) is 4. The molecule has 1 N–H and O–H groups in total. The maximum absolute atomic E-state index is 12.2. The zero-order chi connectivity index (χ0) is 17.7. The van der Waals surface area contributed by atoms with Gasteiger partial charge in [0, 0.05) is 37.8 Å². The summed E-state index contributed by atoms with van der Waals surface area (Å²) in [4.78, 5) is 39.3. The predicted molar refractivity (Wildman–Crippen MR) is 92.8 cm³/mol. The molecule has 2 amide bonds. The zero-order valence-corrected chi connectivity index (χ0v) is 14.5. The monoisotopic (exact) mass is 331 g/mol. The van der Waals surface area contributed by atoms with Crippen LogP contribution in [0.3, 0.4) is 0 Å². The lowest BCUT2D eigenvalue weighted by Gasteiger charge is -2.36. The van der Waals surface area contributed by atoms with Gasteiger partial charge in [-0.2, -0.15) is 0 Å². The second-order valence-corrected chi connectivity index (χ2v) is 6.36. The van der Waals surface area contributed by atoms with Crippen molar-refractivity contribution in [2.75, 3.05) is 37.6 Å². The molecule has 24 heavy (non-hydrogen) atoms. The van der Waals surface area contributed by atoms with Gasteiger partial charge in [-0.25, -0.2) is 0 Å². The van der Waals surface area contributed by atoms with Crippen LogP contribution in [0, 0.1) is 12.8 Å². The molecule has 130 valence electrons. The number of rotatable bonds is 5. The molecule has 1 aliphatic heterocycles. The molecule has 0 bridgehead atoms. The average molecular weight is 331 g/mol. The minimum Gasteiger partial charge on any atom is -0.368 e. The molecule has 1 aromatic carbocycles. The molecule has 2 rings (SSSR count). The maximum Gasteiger partial charge on any atom is 0.288 e. The second-order valence-electron chi connectivity index (χ2n) is 6.36. The summed E-state index contributed by atoms with van der Waals surface area (Å²) in [7, 11) is 0. The molecule has 0 aromatic heterocycles. The Morgan fingerprint density at radius 2 is 1.71 bits per heavy atom. The molecular weight excluding hydrogens is 306 g/mol. The molecule has 6 heteroatoms. The van der Waals surface area contributed by atoms with Crippen molar-refractivity contribution in [3.05, 3.63) is 29.8 Å². The largest absolute Gasteiger partial charge is 0.368 e. The summed E-state index contributed by atoms with van der Waals surface area (Å²) in [6.07, 6.45) is 0. The summed E-state index contributed by atoms with van der Waals surface area (Å²) in [6, 6.07) is 8.19. The van der Waals surface area contributed by atoms with Crippen LogP contribution < -0.4 is 10.2 Å². The van der Waals surface area contributed by atoms with E-state index in [-0.39, 0.29) is 18.4 Å². The number of ketones is 1. The number of Topliss-reactive ketones (excluding diaryl/α,β-unsaturated/α-hetero) is 1. The Labute approximate surface area is 142 Å². The van der Waals surface area contributed by atoms with E-state index in [1.165, 1.54) is 11.3 Å². The predicted octanol–water partition coefficient (Wildman–Crippen LogP) is 0.985. The number of nitrogens with one attached hydrogen (secondary N) is 1. The first-order valence-corrected chi connectivity index (χ1v) is 8.30. The van der Waals surface area contributed by atoms with Crippen molar-refractivity contribution in [1.29, 1.82) is 0 Å². The average Bonchev–Trinajstić information content (AvgIpc) is 2.59. The molecule has 0 saturated carbocycles. The highest BCUT2D eigenvalue weighted by Crippen LogP contribution is 2.20. The fourth-order valence-electron chi connectivity index (χ4n) is 2.73. The molecule has 1 aliphatic rings. The number of nitrogens with zero attached hydrogens (tertiary/aromatic N) is 2. The molecular formula is C18H25N3O3. The highest BCUT2D eigenvalue weighted by Gasteiger charge is 2.23. The van der Waals surface area contributed by atoms with Gasteiger partial charge >= 0.3 is 0 Å². The van der Waals surface area contributed by atoms with Gasteiger partial charge in [0.05, 0.1) is 6.54 Å². The summed E-state index contributed by atoms with van der Waals surface area (Å²) in [5, 5.41) is 2.42. The first kappa shape index (κ1) is 18.0. The number of carbonyl (C=O) groups excluding carboxylic acids is 3. The van der Waals surface area contributed by atoms with Crippen LogP contribution in [0.25, 0.3) is 0 Å². The Hall–Kier alpha value is -2.37. The Kier molecular flexibility index (Phi) is 5.95. The Morgan fingerprint density at radius 3 is 2.29 bits per heavy atom. The van der Waals surface area contributed by atoms with Crippen molar-refractivity contribution in [3.63, 3.8) is 0 Å². The van der Waals surface area contributed by atoms with Gasteiger partial charge in [0.2, 0.25) is 11.7 Å². The van der Waals surface area contributed by atoms with E-state index in [1.807, 2.05) is 12.1 Å². The molecule has 0 atom stereocenters. The number of anilines is 1. The molecule has 1 saturated heterocycles. The molecule has 6 nitrogen and oxygen atoms in total. The van der Waals surface area contributed by atoms with Gasteiger partial charge < -0.3 is 15.1 Å². The van der Waals surface area contributed by atoms with Gasteiger partial charge in [-0.3, -0.25) is 14.4 Å². The highest BCUT2D eigenvalue weighted by atomic mass is 16.2. The summed E-state index contributed by atoms with van der Waals surface area (Å²) >= 11 is 0. The molecule has 1 aromatic rings. The van der Waals surface area contributed by atoms with Crippen LogP contribution >= 0.6 is 0 Å². The standard InChI is InChI=1S/C18H25N3O3/c1-13(2)17(23)18(24)19-12-16(22)21-10-8-20(9-11-21)15-7-5-4-6-14(15)3/h4-7,13H,8-12H2,1-3H3,(H,19,24). The van der Waals surface area contributed by atoms with Crippen molar-refractivity contribution < 1.29 is 14.4 Å². The Balaban J connectivity index is 1.82. The number of aryl methyl sites for hydroxylation is 1. The maximum atomic E-state index is 12.2. The van der Waals surface area contributed by atoms with E-state index >= 15 is 0 Å². The van der Waals surface area contributed by atoms with Crippen molar-refractivity contribution in [1.82, 2.24) is 10.2 Å². The van der Waals surface area contributed by atoms with Gasteiger partial charge in [0.1, 0.15) is 0 Å². The van der Waals surface area contributed by atoms with E-state index in [0.717, 1.165) is 13.1 Å². The lowest BCUT2D eigenvalue weighted by atomic mass is 10.1. The fourth-order valence-corrected chi connectivity index (χ4v) is 2.73. The van der Waals surface area contributed by atoms with Crippen molar-refractivity contribution >= 4 is 23.3 Å². The zero-order valence-electron chi connectivity index (χ0n) is 14.5. The van der Waals surface area contributed by atoms with Gasteiger partial charge in [-0.1, -0.05) is 32.0 Å². The van der Waals surface area contributed by atoms with Gasteiger partial charge in [0.15, 0.2) is 0 Å². The van der Waals surface area contributed by atoms with Crippen LogP contribution in [0.4, 0.5) is 5.69 Å². The van der Waals surface area contributed by atoms with E-state index in [1.54, 1.807) is 18.7 Å². The lowest BCUT2D eigenvalue weighted by Crippen LogP contribution is -2.52. The van der Waals surface area contributed by atoms with Crippen molar-refractivity contribution in [2.24, 2.45) is 5.92 Å². The first-order valence-electron chi connectivity index (χ1n) is 8.30. The number of carbonyl (C=O) groups is 3. The third-order valence-electron chi connectivity index (χ3n) is 4.24. The fraction of sp³-hybridized carbons (Fsp3) is 0.500. The van der Waals surface area contributed by atoms with E-state index in [2.05, 4.69) is 29.3 Å². The number of benzene rings is 1. The number of para-hydroxylation sites is 1. The SMILES string of the molecule is Cc1ccccc1N1CCN(C(=O)CNC(=O)C(=O)C(C)C)CC1. The Morgan fingerprint density at radius 1 is 1.08 bits per heavy atom. The third kappa shape index (κ3) is 4.34. The molecule has 0 aliphatic carbocycles. The third-order valence-corrected chi connectivity index (χ3v) is 4.24. The van der Waals surface area contributed by atoms with Crippen LogP contribution in [-0.4, -0.2) is 55.2 Å². The number of hydrogen-bond donors (Lipinski definition) is 1. The molecule has 1 heterocycles. The van der Waals surface area contributed by atoms with E-state index < -0.39 is 11.7 Å². The summed E-state index contributed by atoms with van der Waals surface area (Å²) in [5.74, 6) is -1.69. The molecule has 0 spiro atoms.